The molecular weight excluding hydrogens is 226 g/mol. The van der Waals surface area contributed by atoms with Crippen LogP contribution in [0.15, 0.2) is 25.3 Å². The molecule has 0 N–H and O–H groups in total. The molecule has 0 amide bonds. The molecule has 0 aliphatic heterocycles. The third kappa shape index (κ3) is 7.49. The van der Waals surface area contributed by atoms with E-state index >= 15 is 0 Å². The molecular formula is C12H22ClNO2. The van der Waals surface area contributed by atoms with E-state index in [0.717, 1.165) is 13.1 Å². The third-order valence-corrected chi connectivity index (χ3v) is 2.02. The fourth-order valence-corrected chi connectivity index (χ4v) is 1.44. The number of carbonyl (C=O) groups is 1. The van der Waals surface area contributed by atoms with E-state index in [1.807, 2.05) is 33.0 Å². The molecule has 0 spiro atoms. The van der Waals surface area contributed by atoms with Gasteiger partial charge in [0.05, 0.1) is 26.2 Å². The normalized spacial score (nSPS) is 10.5. The molecule has 4 heteroatoms. The zero-order valence-corrected chi connectivity index (χ0v) is 11.2. The van der Waals surface area contributed by atoms with Crippen LogP contribution in [0.5, 0.6) is 0 Å². The van der Waals surface area contributed by atoms with Gasteiger partial charge in [0, 0.05) is 0 Å². The first-order chi connectivity index (χ1) is 6.93. The van der Waals surface area contributed by atoms with Crippen LogP contribution in [0.1, 0.15) is 13.8 Å². The Morgan fingerprint density at radius 3 is 2.06 bits per heavy atom. The molecule has 0 rings (SSSR count). The molecule has 0 aliphatic rings. The number of hydrogen-bond donors (Lipinski definition) is 0. The van der Waals surface area contributed by atoms with E-state index in [1.54, 1.807) is 0 Å². The molecule has 0 aromatic carbocycles. The van der Waals surface area contributed by atoms with Gasteiger partial charge in [-0.1, -0.05) is 13.2 Å². The molecule has 0 bridgehead atoms. The van der Waals surface area contributed by atoms with Crippen LogP contribution in [0.25, 0.3) is 0 Å². The largest absolute Gasteiger partial charge is 1.00 e. The van der Waals surface area contributed by atoms with Crippen molar-refractivity contribution >= 4 is 5.97 Å². The molecule has 0 aromatic rings. The highest BCUT2D eigenvalue weighted by Crippen LogP contribution is 2.04. The maximum atomic E-state index is 11.5. The minimum absolute atomic E-state index is 0. The second kappa shape index (κ2) is 8.36. The molecule has 3 nitrogen and oxygen atoms in total. The van der Waals surface area contributed by atoms with E-state index in [-0.39, 0.29) is 24.5 Å². The van der Waals surface area contributed by atoms with E-state index in [0.29, 0.717) is 11.0 Å². The quantitative estimate of drug-likeness (QED) is 0.320. The lowest BCUT2D eigenvalue weighted by Gasteiger charge is -2.31. The van der Waals surface area contributed by atoms with Crippen LogP contribution in [0, 0.1) is 0 Å². The topological polar surface area (TPSA) is 26.3 Å². The van der Waals surface area contributed by atoms with Crippen LogP contribution >= 0.6 is 0 Å². The number of halogens is 1. The Bertz CT molecular complexity index is 229. The lowest BCUT2D eigenvalue weighted by Crippen LogP contribution is -3.00. The van der Waals surface area contributed by atoms with E-state index in [2.05, 4.69) is 13.2 Å². The van der Waals surface area contributed by atoms with Gasteiger partial charge >= 0.3 is 5.97 Å². The Balaban J connectivity index is 0. The third-order valence-electron chi connectivity index (χ3n) is 2.02. The fraction of sp³-hybridized carbons (Fsp3) is 0.583. The lowest BCUT2D eigenvalue weighted by molar-refractivity contribution is -0.891. The van der Waals surface area contributed by atoms with Crippen molar-refractivity contribution in [1.82, 2.24) is 0 Å². The zero-order valence-electron chi connectivity index (χ0n) is 10.4. The molecule has 0 saturated heterocycles. The van der Waals surface area contributed by atoms with Crippen molar-refractivity contribution in [2.24, 2.45) is 0 Å². The highest BCUT2D eigenvalue weighted by atomic mass is 35.5. The molecule has 0 fully saturated rings. The summed E-state index contributed by atoms with van der Waals surface area (Å²) < 4.78 is 5.68. The van der Waals surface area contributed by atoms with Gasteiger partial charge < -0.3 is 21.6 Å². The van der Waals surface area contributed by atoms with Crippen LogP contribution in [-0.2, 0) is 9.53 Å². The van der Waals surface area contributed by atoms with E-state index in [4.69, 9.17) is 4.74 Å². The van der Waals surface area contributed by atoms with Gasteiger partial charge in [0.25, 0.3) is 0 Å². The zero-order chi connectivity index (χ0) is 11.9. The molecule has 0 aromatic heterocycles. The van der Waals surface area contributed by atoms with Crippen molar-refractivity contribution in [1.29, 1.82) is 0 Å². The van der Waals surface area contributed by atoms with Crippen molar-refractivity contribution in [2.75, 3.05) is 26.7 Å². The maximum absolute atomic E-state index is 11.5. The summed E-state index contributed by atoms with van der Waals surface area (Å²) in [4.78, 5) is 11.5. The van der Waals surface area contributed by atoms with Crippen molar-refractivity contribution in [3.63, 3.8) is 0 Å². The Kier molecular flexibility index (Phi) is 9.19. The summed E-state index contributed by atoms with van der Waals surface area (Å²) in [6, 6.07) is 0. The van der Waals surface area contributed by atoms with Gasteiger partial charge in [-0.05, 0) is 26.0 Å². The summed E-state index contributed by atoms with van der Waals surface area (Å²) in [5.41, 5.74) is 0. The molecule has 0 heterocycles. The molecule has 0 radical (unpaired) electrons. The Hall–Kier alpha value is -0.800. The number of hydrogen-bond acceptors (Lipinski definition) is 2. The number of likely N-dealkylation sites (N-methyl/N-ethyl adjacent to an activating group) is 1. The fourth-order valence-electron chi connectivity index (χ4n) is 1.44. The molecule has 0 atom stereocenters. The van der Waals surface area contributed by atoms with Crippen molar-refractivity contribution in [3.05, 3.63) is 25.3 Å². The standard InChI is InChI=1S/C12H22NO2.ClH/c1-6-8-13(5,9-7-2)10-12(14)15-11(3)4;/h6-7,11H,1-2,8-10H2,3-5H3;1H/q+1;/p-1. The Labute approximate surface area is 105 Å². The van der Waals surface area contributed by atoms with Crippen LogP contribution in [0.3, 0.4) is 0 Å². The first kappa shape index (κ1) is 17.6. The Morgan fingerprint density at radius 2 is 1.75 bits per heavy atom. The number of carbonyl (C=O) groups excluding carboxylic acids is 1. The molecule has 0 aliphatic carbocycles. The van der Waals surface area contributed by atoms with Crippen molar-refractivity contribution in [3.8, 4) is 0 Å². The molecule has 94 valence electrons. The van der Waals surface area contributed by atoms with Crippen molar-refractivity contribution in [2.45, 2.75) is 20.0 Å². The van der Waals surface area contributed by atoms with E-state index in [9.17, 15) is 4.79 Å². The van der Waals surface area contributed by atoms with Crippen LogP contribution in [-0.4, -0.2) is 43.2 Å². The average Bonchev–Trinajstić information content (AvgIpc) is 2.01. The lowest BCUT2D eigenvalue weighted by atomic mass is 10.3. The highest BCUT2D eigenvalue weighted by Gasteiger charge is 2.23. The van der Waals surface area contributed by atoms with Gasteiger partial charge in [-0.25, -0.2) is 4.79 Å². The molecule has 16 heavy (non-hydrogen) atoms. The Morgan fingerprint density at radius 1 is 1.31 bits per heavy atom. The number of nitrogens with zero attached hydrogens (tertiary/aromatic N) is 1. The molecule has 0 unspecified atom stereocenters. The number of rotatable bonds is 7. The summed E-state index contributed by atoms with van der Waals surface area (Å²) in [6.07, 6.45) is 3.57. The maximum Gasteiger partial charge on any atom is 0.362 e. The summed E-state index contributed by atoms with van der Waals surface area (Å²) in [5, 5.41) is 0. The van der Waals surface area contributed by atoms with Crippen LogP contribution < -0.4 is 12.4 Å². The second-order valence-electron chi connectivity index (χ2n) is 4.26. The monoisotopic (exact) mass is 247 g/mol. The van der Waals surface area contributed by atoms with Gasteiger partial charge in [0.2, 0.25) is 0 Å². The first-order valence-electron chi connectivity index (χ1n) is 5.18. The van der Waals surface area contributed by atoms with Gasteiger partial charge in [-0.2, -0.15) is 0 Å². The predicted molar refractivity (Wildman–Crippen MR) is 62.4 cm³/mol. The highest BCUT2D eigenvalue weighted by molar-refractivity contribution is 5.70. The molecule has 0 saturated carbocycles. The summed E-state index contributed by atoms with van der Waals surface area (Å²) in [6.45, 7) is 12.9. The number of esters is 1. The SMILES string of the molecule is C=CC[N+](C)(CC=C)CC(=O)OC(C)C.[Cl-]. The summed E-state index contributed by atoms with van der Waals surface area (Å²) >= 11 is 0. The van der Waals surface area contributed by atoms with Gasteiger partial charge in [0.15, 0.2) is 6.54 Å². The summed E-state index contributed by atoms with van der Waals surface area (Å²) in [5.74, 6) is -0.170. The predicted octanol–water partition coefficient (Wildman–Crippen LogP) is -1.24. The van der Waals surface area contributed by atoms with E-state index < -0.39 is 0 Å². The van der Waals surface area contributed by atoms with Gasteiger partial charge in [-0.3, -0.25) is 0 Å². The van der Waals surface area contributed by atoms with Gasteiger partial charge in [0.1, 0.15) is 0 Å². The van der Waals surface area contributed by atoms with Crippen LogP contribution in [0.4, 0.5) is 0 Å². The number of quaternary nitrogens is 1. The average molecular weight is 248 g/mol. The van der Waals surface area contributed by atoms with Gasteiger partial charge in [-0.15, -0.1) is 0 Å². The van der Waals surface area contributed by atoms with Crippen LogP contribution in [0.2, 0.25) is 0 Å². The minimum Gasteiger partial charge on any atom is -1.00 e. The first-order valence-corrected chi connectivity index (χ1v) is 5.18. The summed E-state index contributed by atoms with van der Waals surface area (Å²) in [7, 11) is 1.99. The minimum atomic E-state index is -0.170. The number of ether oxygens (including phenoxy) is 1. The second-order valence-corrected chi connectivity index (χ2v) is 4.26. The smallest absolute Gasteiger partial charge is 0.362 e. The van der Waals surface area contributed by atoms with E-state index in [1.165, 1.54) is 0 Å². The van der Waals surface area contributed by atoms with Crippen molar-refractivity contribution < 1.29 is 26.4 Å².